The van der Waals surface area contributed by atoms with Crippen molar-refractivity contribution in [2.45, 2.75) is 25.3 Å². The van der Waals surface area contributed by atoms with Gasteiger partial charge in [0.1, 0.15) is 5.82 Å². The predicted octanol–water partition coefficient (Wildman–Crippen LogP) is 3.81. The Morgan fingerprint density at radius 1 is 1.32 bits per heavy atom. The lowest BCUT2D eigenvalue weighted by Gasteiger charge is -2.27. The summed E-state index contributed by atoms with van der Waals surface area (Å²) in [6, 6.07) is 10.6. The third kappa shape index (κ3) is 2.51. The Hall–Kier alpha value is -1.74. The molecule has 4 heteroatoms. The van der Waals surface area contributed by atoms with E-state index in [-0.39, 0.29) is 6.04 Å². The van der Waals surface area contributed by atoms with Gasteiger partial charge in [0.15, 0.2) is 0 Å². The van der Waals surface area contributed by atoms with Gasteiger partial charge in [-0.2, -0.15) is 0 Å². The minimum absolute atomic E-state index is 0.279. The SMILES string of the molecule is Nc1cc(Cl)cnc1NC1CCCc2ccccc21. The van der Waals surface area contributed by atoms with Gasteiger partial charge in [-0.1, -0.05) is 35.9 Å². The van der Waals surface area contributed by atoms with E-state index in [1.807, 2.05) is 0 Å². The van der Waals surface area contributed by atoms with Crippen LogP contribution >= 0.6 is 11.6 Å². The first-order valence-corrected chi connectivity index (χ1v) is 6.87. The number of pyridine rings is 1. The van der Waals surface area contributed by atoms with Crippen molar-refractivity contribution in [2.75, 3.05) is 11.1 Å². The molecule has 2 aromatic rings. The second-order valence-corrected chi connectivity index (χ2v) is 5.32. The minimum Gasteiger partial charge on any atom is -0.396 e. The molecule has 0 aliphatic heterocycles. The van der Waals surface area contributed by atoms with Crippen LogP contribution in [-0.4, -0.2) is 4.98 Å². The molecule has 0 saturated heterocycles. The number of aromatic nitrogens is 1. The predicted molar refractivity (Wildman–Crippen MR) is 79.4 cm³/mol. The lowest BCUT2D eigenvalue weighted by atomic mass is 9.88. The van der Waals surface area contributed by atoms with Gasteiger partial charge in [-0.05, 0) is 36.5 Å². The summed E-state index contributed by atoms with van der Waals surface area (Å²) in [5, 5.41) is 4.00. The molecule has 98 valence electrons. The van der Waals surface area contributed by atoms with E-state index in [4.69, 9.17) is 17.3 Å². The summed E-state index contributed by atoms with van der Waals surface area (Å²) in [7, 11) is 0. The number of benzene rings is 1. The molecule has 0 spiro atoms. The smallest absolute Gasteiger partial charge is 0.149 e. The molecule has 1 unspecified atom stereocenters. The van der Waals surface area contributed by atoms with Crippen molar-refractivity contribution >= 4 is 23.1 Å². The molecule has 3 nitrogen and oxygen atoms in total. The quantitative estimate of drug-likeness (QED) is 0.875. The number of anilines is 2. The summed E-state index contributed by atoms with van der Waals surface area (Å²) in [4.78, 5) is 4.28. The molecule has 19 heavy (non-hydrogen) atoms. The molecule has 0 fully saturated rings. The van der Waals surface area contributed by atoms with Crippen LogP contribution in [0.3, 0.4) is 0 Å². The van der Waals surface area contributed by atoms with Gasteiger partial charge in [-0.25, -0.2) is 4.98 Å². The van der Waals surface area contributed by atoms with Crippen molar-refractivity contribution in [3.05, 3.63) is 52.7 Å². The Morgan fingerprint density at radius 3 is 3.00 bits per heavy atom. The maximum atomic E-state index is 5.95. The Morgan fingerprint density at radius 2 is 2.16 bits per heavy atom. The van der Waals surface area contributed by atoms with E-state index in [0.717, 1.165) is 12.8 Å². The number of hydrogen-bond acceptors (Lipinski definition) is 3. The Kier molecular flexibility index (Phi) is 3.30. The zero-order valence-corrected chi connectivity index (χ0v) is 11.3. The van der Waals surface area contributed by atoms with Crippen molar-refractivity contribution in [3.8, 4) is 0 Å². The second-order valence-electron chi connectivity index (χ2n) is 4.88. The number of fused-ring (bicyclic) bond motifs is 1. The normalized spacial score (nSPS) is 17.8. The van der Waals surface area contributed by atoms with Gasteiger partial charge in [0.05, 0.1) is 16.8 Å². The number of nitrogens with zero attached hydrogens (tertiary/aromatic N) is 1. The second kappa shape index (κ2) is 5.10. The van der Waals surface area contributed by atoms with E-state index in [2.05, 4.69) is 34.6 Å². The van der Waals surface area contributed by atoms with Gasteiger partial charge in [0.25, 0.3) is 0 Å². The first kappa shape index (κ1) is 12.3. The van der Waals surface area contributed by atoms with Crippen LogP contribution in [0.5, 0.6) is 0 Å². The largest absolute Gasteiger partial charge is 0.396 e. The fourth-order valence-electron chi connectivity index (χ4n) is 2.64. The van der Waals surface area contributed by atoms with Crippen LogP contribution in [0, 0.1) is 0 Å². The molecule has 0 saturated carbocycles. The summed E-state index contributed by atoms with van der Waals surface area (Å²) in [5.41, 5.74) is 9.31. The van der Waals surface area contributed by atoms with Crippen LogP contribution in [0.2, 0.25) is 5.02 Å². The van der Waals surface area contributed by atoms with Crippen molar-refractivity contribution in [2.24, 2.45) is 0 Å². The summed E-state index contributed by atoms with van der Waals surface area (Å²) in [6.07, 6.45) is 5.05. The molecule has 1 atom stereocenters. The lowest BCUT2D eigenvalue weighted by molar-refractivity contribution is 0.599. The molecule has 1 aromatic heterocycles. The zero-order valence-electron chi connectivity index (χ0n) is 10.6. The average Bonchev–Trinajstić information content (AvgIpc) is 2.42. The van der Waals surface area contributed by atoms with E-state index in [1.165, 1.54) is 17.5 Å². The number of hydrogen-bond donors (Lipinski definition) is 2. The third-order valence-electron chi connectivity index (χ3n) is 3.56. The van der Waals surface area contributed by atoms with E-state index in [0.29, 0.717) is 16.5 Å². The minimum atomic E-state index is 0.279. The van der Waals surface area contributed by atoms with Gasteiger partial charge in [0.2, 0.25) is 0 Å². The summed E-state index contributed by atoms with van der Waals surface area (Å²) < 4.78 is 0. The van der Waals surface area contributed by atoms with Crippen LogP contribution in [-0.2, 0) is 6.42 Å². The Balaban J connectivity index is 1.88. The highest BCUT2D eigenvalue weighted by Gasteiger charge is 2.20. The van der Waals surface area contributed by atoms with E-state index in [9.17, 15) is 0 Å². The maximum Gasteiger partial charge on any atom is 0.149 e. The Bertz CT molecular complexity index is 598. The molecule has 0 bridgehead atoms. The fourth-order valence-corrected chi connectivity index (χ4v) is 2.81. The molecule has 3 N–H and O–H groups in total. The molecule has 0 radical (unpaired) electrons. The van der Waals surface area contributed by atoms with E-state index < -0.39 is 0 Å². The monoisotopic (exact) mass is 273 g/mol. The average molecular weight is 274 g/mol. The highest BCUT2D eigenvalue weighted by Crippen LogP contribution is 2.33. The van der Waals surface area contributed by atoms with Crippen LogP contribution in [0.4, 0.5) is 11.5 Å². The molecule has 0 amide bonds. The van der Waals surface area contributed by atoms with Gasteiger partial charge < -0.3 is 11.1 Å². The van der Waals surface area contributed by atoms with Crippen molar-refractivity contribution in [3.63, 3.8) is 0 Å². The highest BCUT2D eigenvalue weighted by molar-refractivity contribution is 6.30. The number of aryl methyl sites for hydroxylation is 1. The number of nitrogens with one attached hydrogen (secondary N) is 1. The molecule has 1 heterocycles. The van der Waals surface area contributed by atoms with Crippen molar-refractivity contribution in [1.29, 1.82) is 0 Å². The summed E-state index contributed by atoms with van der Waals surface area (Å²) in [6.45, 7) is 0. The molecule has 3 rings (SSSR count). The molecule has 1 aromatic carbocycles. The van der Waals surface area contributed by atoms with Crippen LogP contribution < -0.4 is 11.1 Å². The molecular formula is C15H16ClN3. The van der Waals surface area contributed by atoms with Gasteiger partial charge in [0, 0.05) is 6.20 Å². The van der Waals surface area contributed by atoms with Crippen LogP contribution in [0.25, 0.3) is 0 Å². The number of nitrogens with two attached hydrogens (primary N) is 1. The Labute approximate surface area is 117 Å². The highest BCUT2D eigenvalue weighted by atomic mass is 35.5. The van der Waals surface area contributed by atoms with Crippen LogP contribution in [0.1, 0.15) is 30.0 Å². The lowest BCUT2D eigenvalue weighted by Crippen LogP contribution is -2.18. The molecule has 1 aliphatic rings. The van der Waals surface area contributed by atoms with Crippen LogP contribution in [0.15, 0.2) is 36.5 Å². The fraction of sp³-hybridized carbons (Fsp3) is 0.267. The third-order valence-corrected chi connectivity index (χ3v) is 3.77. The van der Waals surface area contributed by atoms with Crippen molar-refractivity contribution in [1.82, 2.24) is 4.98 Å². The molecule has 1 aliphatic carbocycles. The van der Waals surface area contributed by atoms with E-state index >= 15 is 0 Å². The first-order valence-electron chi connectivity index (χ1n) is 6.49. The van der Waals surface area contributed by atoms with Crippen molar-refractivity contribution < 1.29 is 0 Å². The maximum absolute atomic E-state index is 5.95. The van der Waals surface area contributed by atoms with Gasteiger partial charge in [-0.3, -0.25) is 0 Å². The number of nitrogen functional groups attached to an aromatic ring is 1. The standard InChI is InChI=1S/C15H16ClN3/c16-11-8-13(17)15(18-9-11)19-14-7-3-5-10-4-1-2-6-12(10)14/h1-2,4,6,8-9,14H,3,5,7,17H2,(H,18,19). The first-order chi connectivity index (χ1) is 9.24. The van der Waals surface area contributed by atoms with E-state index in [1.54, 1.807) is 12.3 Å². The summed E-state index contributed by atoms with van der Waals surface area (Å²) in [5.74, 6) is 0.714. The summed E-state index contributed by atoms with van der Waals surface area (Å²) >= 11 is 5.87. The number of halogens is 1. The van der Waals surface area contributed by atoms with Gasteiger partial charge >= 0.3 is 0 Å². The zero-order chi connectivity index (χ0) is 13.2. The number of rotatable bonds is 2. The topological polar surface area (TPSA) is 50.9 Å². The molecular weight excluding hydrogens is 258 g/mol. The van der Waals surface area contributed by atoms with Gasteiger partial charge in [-0.15, -0.1) is 0 Å².